The van der Waals surface area contributed by atoms with Crippen LogP contribution >= 0.6 is 0 Å². The molecule has 2 N–H and O–H groups in total. The highest BCUT2D eigenvalue weighted by atomic mass is 16.2. The van der Waals surface area contributed by atoms with E-state index in [4.69, 9.17) is 5.73 Å². The number of hydrogen-bond donors (Lipinski definition) is 1. The number of rotatable bonds is 3. The van der Waals surface area contributed by atoms with E-state index in [1.807, 2.05) is 11.9 Å². The maximum absolute atomic E-state index is 11.5. The van der Waals surface area contributed by atoms with Gasteiger partial charge in [-0.2, -0.15) is 0 Å². The molecule has 4 heteroatoms. The van der Waals surface area contributed by atoms with Crippen LogP contribution in [-0.4, -0.2) is 55.0 Å². The van der Waals surface area contributed by atoms with Crippen molar-refractivity contribution in [2.24, 2.45) is 11.7 Å². The minimum Gasteiger partial charge on any atom is -0.344 e. The lowest BCUT2D eigenvalue weighted by Crippen LogP contribution is -2.41. The van der Waals surface area contributed by atoms with Gasteiger partial charge >= 0.3 is 0 Å². The maximum Gasteiger partial charge on any atom is 0.223 e. The van der Waals surface area contributed by atoms with E-state index in [0.29, 0.717) is 24.9 Å². The van der Waals surface area contributed by atoms with Crippen LogP contribution in [0.4, 0.5) is 0 Å². The summed E-state index contributed by atoms with van der Waals surface area (Å²) in [5.41, 5.74) is 5.62. The molecule has 15 heavy (non-hydrogen) atoms. The fourth-order valence-electron chi connectivity index (χ4n) is 2.01. The largest absolute Gasteiger partial charge is 0.344 e. The van der Waals surface area contributed by atoms with Gasteiger partial charge in [-0.3, -0.25) is 9.69 Å². The molecule has 1 saturated heterocycles. The predicted octanol–water partition coefficient (Wildman–Crippen LogP) is 0.134. The fraction of sp³-hybridized carbons (Fsp3) is 0.909. The quantitative estimate of drug-likeness (QED) is 0.725. The highest BCUT2D eigenvalue weighted by Crippen LogP contribution is 2.11. The van der Waals surface area contributed by atoms with Crippen molar-refractivity contribution in [3.63, 3.8) is 0 Å². The molecular formula is C11H23N3O. The lowest BCUT2D eigenvalue weighted by molar-refractivity contribution is -0.129. The Labute approximate surface area is 92.4 Å². The van der Waals surface area contributed by atoms with Gasteiger partial charge in [0.2, 0.25) is 5.91 Å². The summed E-state index contributed by atoms with van der Waals surface area (Å²) in [4.78, 5) is 15.7. The van der Waals surface area contributed by atoms with Crippen LogP contribution < -0.4 is 5.73 Å². The van der Waals surface area contributed by atoms with Crippen molar-refractivity contribution >= 4 is 5.91 Å². The fourth-order valence-corrected chi connectivity index (χ4v) is 2.01. The van der Waals surface area contributed by atoms with Crippen molar-refractivity contribution in [3.05, 3.63) is 0 Å². The Kier molecular flexibility index (Phi) is 4.54. The Balaban J connectivity index is 2.54. The summed E-state index contributed by atoms with van der Waals surface area (Å²) in [5.74, 6) is 0.760. The van der Waals surface area contributed by atoms with E-state index in [2.05, 4.69) is 18.7 Å². The first kappa shape index (κ1) is 12.5. The average molecular weight is 213 g/mol. The van der Waals surface area contributed by atoms with Gasteiger partial charge in [0.15, 0.2) is 0 Å². The van der Waals surface area contributed by atoms with Crippen molar-refractivity contribution in [3.8, 4) is 0 Å². The van der Waals surface area contributed by atoms with Gasteiger partial charge in [0.1, 0.15) is 0 Å². The van der Waals surface area contributed by atoms with Crippen LogP contribution in [0.2, 0.25) is 0 Å². The molecule has 0 aliphatic carbocycles. The van der Waals surface area contributed by atoms with Crippen molar-refractivity contribution in [2.45, 2.75) is 26.3 Å². The number of carbonyl (C=O) groups excluding carboxylic acids is 1. The molecule has 0 spiro atoms. The Morgan fingerprint density at radius 1 is 1.60 bits per heavy atom. The van der Waals surface area contributed by atoms with E-state index in [1.54, 1.807) is 0 Å². The Bertz CT molecular complexity index is 220. The highest BCUT2D eigenvalue weighted by Gasteiger charge is 2.24. The van der Waals surface area contributed by atoms with Gasteiger partial charge in [-0.1, -0.05) is 6.92 Å². The SMILES string of the molecule is CC(CN)CN1CCC(=O)N(C)CC1C. The molecule has 0 saturated carbocycles. The first-order chi connectivity index (χ1) is 7.04. The Morgan fingerprint density at radius 3 is 2.87 bits per heavy atom. The van der Waals surface area contributed by atoms with E-state index in [9.17, 15) is 4.79 Å². The second-order valence-electron chi connectivity index (χ2n) is 4.71. The topological polar surface area (TPSA) is 49.6 Å². The summed E-state index contributed by atoms with van der Waals surface area (Å²) in [7, 11) is 1.88. The van der Waals surface area contributed by atoms with Gasteiger partial charge in [0.05, 0.1) is 0 Å². The van der Waals surface area contributed by atoms with Gasteiger partial charge in [-0.05, 0) is 19.4 Å². The van der Waals surface area contributed by atoms with Crippen LogP contribution in [0.25, 0.3) is 0 Å². The van der Waals surface area contributed by atoms with Gasteiger partial charge < -0.3 is 10.6 Å². The van der Waals surface area contributed by atoms with Gasteiger partial charge in [-0.25, -0.2) is 0 Å². The summed E-state index contributed by atoms with van der Waals surface area (Å²) in [6.07, 6.45) is 0.637. The zero-order valence-electron chi connectivity index (χ0n) is 10.1. The number of amides is 1. The lowest BCUT2D eigenvalue weighted by Gasteiger charge is -2.29. The molecule has 0 aromatic carbocycles. The van der Waals surface area contributed by atoms with E-state index >= 15 is 0 Å². The van der Waals surface area contributed by atoms with Crippen molar-refractivity contribution in [1.29, 1.82) is 0 Å². The number of nitrogens with zero attached hydrogens (tertiary/aromatic N) is 2. The molecule has 1 heterocycles. The minimum atomic E-state index is 0.254. The van der Waals surface area contributed by atoms with Crippen LogP contribution in [0.3, 0.4) is 0 Å². The van der Waals surface area contributed by atoms with Crippen LogP contribution in [0, 0.1) is 5.92 Å². The van der Waals surface area contributed by atoms with Crippen molar-refractivity contribution in [2.75, 3.05) is 33.2 Å². The molecule has 1 fully saturated rings. The summed E-state index contributed by atoms with van der Waals surface area (Å²) in [6, 6.07) is 0.440. The Morgan fingerprint density at radius 2 is 2.27 bits per heavy atom. The van der Waals surface area contributed by atoms with E-state index in [0.717, 1.165) is 19.6 Å². The minimum absolute atomic E-state index is 0.254. The third kappa shape index (κ3) is 3.47. The van der Waals surface area contributed by atoms with Crippen LogP contribution in [0.5, 0.6) is 0 Å². The standard InChI is InChI=1S/C11H23N3O/c1-9(6-12)7-14-5-4-11(15)13(3)8-10(14)2/h9-10H,4-8,12H2,1-3H3. The third-order valence-electron chi connectivity index (χ3n) is 3.15. The molecule has 0 aromatic rings. The molecule has 2 atom stereocenters. The molecule has 88 valence electrons. The molecule has 1 aliphatic heterocycles. The molecule has 4 nitrogen and oxygen atoms in total. The normalized spacial score (nSPS) is 26.5. The average Bonchev–Trinajstić information content (AvgIpc) is 2.32. The number of carbonyl (C=O) groups is 1. The summed E-state index contributed by atoms with van der Waals surface area (Å²) in [6.45, 7) is 7.75. The van der Waals surface area contributed by atoms with Crippen molar-refractivity contribution in [1.82, 2.24) is 9.80 Å². The van der Waals surface area contributed by atoms with Crippen LogP contribution in [-0.2, 0) is 4.79 Å². The Hall–Kier alpha value is -0.610. The van der Waals surface area contributed by atoms with E-state index in [-0.39, 0.29) is 5.91 Å². The zero-order valence-corrected chi connectivity index (χ0v) is 10.1. The molecule has 1 amide bonds. The molecule has 2 unspecified atom stereocenters. The molecule has 1 aliphatic rings. The summed E-state index contributed by atoms with van der Waals surface area (Å²) >= 11 is 0. The number of likely N-dealkylation sites (N-methyl/N-ethyl adjacent to an activating group) is 1. The number of hydrogen-bond acceptors (Lipinski definition) is 3. The molecular weight excluding hydrogens is 190 g/mol. The molecule has 0 radical (unpaired) electrons. The predicted molar refractivity (Wildman–Crippen MR) is 61.5 cm³/mol. The number of nitrogens with two attached hydrogens (primary N) is 1. The second kappa shape index (κ2) is 5.47. The first-order valence-electron chi connectivity index (χ1n) is 5.72. The maximum atomic E-state index is 11.5. The van der Waals surface area contributed by atoms with Gasteiger partial charge in [-0.15, -0.1) is 0 Å². The molecule has 0 aromatic heterocycles. The van der Waals surface area contributed by atoms with Gasteiger partial charge in [0.25, 0.3) is 0 Å². The highest BCUT2D eigenvalue weighted by molar-refractivity contribution is 5.76. The van der Waals surface area contributed by atoms with E-state index < -0.39 is 0 Å². The van der Waals surface area contributed by atoms with E-state index in [1.165, 1.54) is 0 Å². The van der Waals surface area contributed by atoms with Gasteiger partial charge in [0, 0.05) is 39.1 Å². The monoisotopic (exact) mass is 213 g/mol. The molecule has 0 bridgehead atoms. The zero-order chi connectivity index (χ0) is 11.4. The van der Waals surface area contributed by atoms with Crippen molar-refractivity contribution < 1.29 is 4.79 Å². The second-order valence-corrected chi connectivity index (χ2v) is 4.71. The molecule has 1 rings (SSSR count). The third-order valence-corrected chi connectivity index (χ3v) is 3.15. The first-order valence-corrected chi connectivity index (χ1v) is 5.72. The van der Waals surface area contributed by atoms with Crippen LogP contribution in [0.1, 0.15) is 20.3 Å². The lowest BCUT2D eigenvalue weighted by atomic mass is 10.1. The summed E-state index contributed by atoms with van der Waals surface area (Å²) in [5, 5.41) is 0. The van der Waals surface area contributed by atoms with Crippen LogP contribution in [0.15, 0.2) is 0 Å². The smallest absolute Gasteiger partial charge is 0.223 e. The summed E-state index contributed by atoms with van der Waals surface area (Å²) < 4.78 is 0.